The molecule has 1 N–H and O–H groups in total. The molecule has 1 atom stereocenters. The summed E-state index contributed by atoms with van der Waals surface area (Å²) in [5.41, 5.74) is -0.539. The Morgan fingerprint density at radius 3 is 2.43 bits per heavy atom. The van der Waals surface area contributed by atoms with E-state index in [0.29, 0.717) is 39.1 Å². The number of nitrogens with zero attached hydrogens (tertiary/aromatic N) is 1. The molecule has 2 saturated heterocycles. The molecule has 0 aromatic carbocycles. The molecular formula is C15H28N2O5S. The molecule has 0 aromatic rings. The zero-order chi connectivity index (χ0) is 17.1. The second-order valence-electron chi connectivity index (χ2n) is 7.20. The van der Waals surface area contributed by atoms with Crippen molar-refractivity contribution in [3.63, 3.8) is 0 Å². The third-order valence-corrected chi connectivity index (χ3v) is 5.99. The Morgan fingerprint density at radius 1 is 1.26 bits per heavy atom. The highest BCUT2D eigenvalue weighted by Crippen LogP contribution is 2.20. The van der Waals surface area contributed by atoms with Crippen LogP contribution in [0.25, 0.3) is 0 Å². The van der Waals surface area contributed by atoms with Gasteiger partial charge in [0.15, 0.2) is 0 Å². The molecule has 1 amide bonds. The van der Waals surface area contributed by atoms with E-state index in [1.54, 1.807) is 4.90 Å². The lowest BCUT2D eigenvalue weighted by Crippen LogP contribution is -2.47. The van der Waals surface area contributed by atoms with Crippen molar-refractivity contribution in [1.82, 2.24) is 9.62 Å². The zero-order valence-electron chi connectivity index (χ0n) is 14.2. The molecule has 7 nitrogen and oxygen atoms in total. The molecule has 0 aromatic heterocycles. The van der Waals surface area contributed by atoms with E-state index in [1.165, 1.54) is 0 Å². The van der Waals surface area contributed by atoms with Crippen LogP contribution in [-0.2, 0) is 19.5 Å². The van der Waals surface area contributed by atoms with Gasteiger partial charge in [-0.05, 0) is 46.5 Å². The van der Waals surface area contributed by atoms with Crippen molar-refractivity contribution >= 4 is 16.1 Å². The van der Waals surface area contributed by atoms with Crippen LogP contribution in [-0.4, -0.2) is 62.6 Å². The highest BCUT2D eigenvalue weighted by Gasteiger charge is 2.33. The molecule has 0 unspecified atom stereocenters. The standard InChI is InChI=1S/C15H28N2O5S/c1-15(2,3)22-14(18)17-8-6-13(7-9-17)23(19,20)16-11-12-5-4-10-21-12/h12-13,16H,4-11H2,1-3H3/t12-/m1/s1. The number of rotatable bonds is 4. The third-order valence-electron chi connectivity index (χ3n) is 4.07. The molecule has 2 heterocycles. The summed E-state index contributed by atoms with van der Waals surface area (Å²) in [5.74, 6) is 0. The first-order chi connectivity index (χ1) is 10.7. The fourth-order valence-corrected chi connectivity index (χ4v) is 4.29. The molecule has 8 heteroatoms. The Balaban J connectivity index is 1.79. The molecular weight excluding hydrogens is 320 g/mol. The molecule has 0 bridgehead atoms. The topological polar surface area (TPSA) is 84.9 Å². The second kappa shape index (κ2) is 7.36. The number of sulfonamides is 1. The first-order valence-electron chi connectivity index (χ1n) is 8.25. The van der Waals surface area contributed by atoms with Gasteiger partial charge in [0.05, 0.1) is 11.4 Å². The van der Waals surface area contributed by atoms with E-state index in [0.717, 1.165) is 12.8 Å². The normalized spacial score (nSPS) is 24.0. The number of ether oxygens (including phenoxy) is 2. The lowest BCUT2D eigenvalue weighted by molar-refractivity contribution is 0.0217. The molecule has 2 fully saturated rings. The molecule has 2 aliphatic rings. The van der Waals surface area contributed by atoms with Gasteiger partial charge in [0.1, 0.15) is 5.60 Å². The number of likely N-dealkylation sites (tertiary alicyclic amines) is 1. The Labute approximate surface area is 138 Å². The van der Waals surface area contributed by atoms with Crippen molar-refractivity contribution in [2.45, 2.75) is 63.4 Å². The van der Waals surface area contributed by atoms with Crippen LogP contribution in [0, 0.1) is 0 Å². The molecule has 134 valence electrons. The molecule has 2 rings (SSSR count). The van der Waals surface area contributed by atoms with Crippen LogP contribution in [0.4, 0.5) is 4.79 Å². The monoisotopic (exact) mass is 348 g/mol. The Hall–Kier alpha value is -0.860. The number of carbonyl (C=O) groups excluding carboxylic acids is 1. The van der Waals surface area contributed by atoms with Crippen molar-refractivity contribution in [3.05, 3.63) is 0 Å². The Kier molecular flexibility index (Phi) is 5.91. The minimum Gasteiger partial charge on any atom is -0.444 e. The minimum absolute atomic E-state index is 0.00775. The highest BCUT2D eigenvalue weighted by molar-refractivity contribution is 7.90. The number of hydrogen-bond acceptors (Lipinski definition) is 5. The minimum atomic E-state index is -3.36. The van der Waals surface area contributed by atoms with Crippen LogP contribution in [0.15, 0.2) is 0 Å². The van der Waals surface area contributed by atoms with Crippen LogP contribution < -0.4 is 4.72 Å². The molecule has 2 aliphatic heterocycles. The van der Waals surface area contributed by atoms with Gasteiger partial charge in [-0.1, -0.05) is 0 Å². The van der Waals surface area contributed by atoms with E-state index >= 15 is 0 Å². The predicted octanol–water partition coefficient (Wildman–Crippen LogP) is 1.48. The quantitative estimate of drug-likeness (QED) is 0.832. The SMILES string of the molecule is CC(C)(C)OC(=O)N1CCC(S(=O)(=O)NC[C@H]2CCCO2)CC1. The summed E-state index contributed by atoms with van der Waals surface area (Å²) in [4.78, 5) is 13.6. The fraction of sp³-hybridized carbons (Fsp3) is 0.933. The molecule has 0 spiro atoms. The third kappa shape index (κ3) is 5.61. The van der Waals surface area contributed by atoms with Gasteiger partial charge in [0, 0.05) is 26.2 Å². The molecule has 23 heavy (non-hydrogen) atoms. The van der Waals surface area contributed by atoms with Crippen molar-refractivity contribution in [2.24, 2.45) is 0 Å². The van der Waals surface area contributed by atoms with Crippen molar-refractivity contribution in [1.29, 1.82) is 0 Å². The van der Waals surface area contributed by atoms with Gasteiger partial charge in [-0.15, -0.1) is 0 Å². The smallest absolute Gasteiger partial charge is 0.410 e. The Bertz CT molecular complexity index is 500. The molecule has 0 aliphatic carbocycles. The molecule has 0 radical (unpaired) electrons. The average molecular weight is 348 g/mol. The van der Waals surface area contributed by atoms with Gasteiger partial charge in [-0.25, -0.2) is 17.9 Å². The summed E-state index contributed by atoms with van der Waals surface area (Å²) in [6.45, 7) is 7.31. The maximum absolute atomic E-state index is 12.3. The van der Waals surface area contributed by atoms with Crippen molar-refractivity contribution < 1.29 is 22.7 Å². The van der Waals surface area contributed by atoms with E-state index in [4.69, 9.17) is 9.47 Å². The number of carbonyl (C=O) groups is 1. The summed E-state index contributed by atoms with van der Waals surface area (Å²) < 4.78 is 38.1. The maximum atomic E-state index is 12.3. The lowest BCUT2D eigenvalue weighted by Gasteiger charge is -2.33. The van der Waals surface area contributed by atoms with Gasteiger partial charge in [0.2, 0.25) is 10.0 Å². The van der Waals surface area contributed by atoms with Crippen LogP contribution in [0.1, 0.15) is 46.5 Å². The van der Waals surface area contributed by atoms with Crippen LogP contribution in [0.2, 0.25) is 0 Å². The van der Waals surface area contributed by atoms with E-state index in [-0.39, 0.29) is 12.2 Å². The number of hydrogen-bond donors (Lipinski definition) is 1. The van der Waals surface area contributed by atoms with E-state index in [2.05, 4.69) is 4.72 Å². The number of amides is 1. The molecule has 0 saturated carbocycles. The number of piperidine rings is 1. The predicted molar refractivity (Wildman–Crippen MR) is 86.7 cm³/mol. The lowest BCUT2D eigenvalue weighted by atomic mass is 10.1. The second-order valence-corrected chi connectivity index (χ2v) is 9.24. The van der Waals surface area contributed by atoms with E-state index in [1.807, 2.05) is 20.8 Å². The van der Waals surface area contributed by atoms with E-state index in [9.17, 15) is 13.2 Å². The van der Waals surface area contributed by atoms with Gasteiger partial charge in [-0.2, -0.15) is 0 Å². The summed E-state index contributed by atoms with van der Waals surface area (Å²) in [6.07, 6.45) is 2.37. The van der Waals surface area contributed by atoms with Crippen molar-refractivity contribution in [3.8, 4) is 0 Å². The van der Waals surface area contributed by atoms with Crippen LogP contribution in [0.5, 0.6) is 0 Å². The summed E-state index contributed by atoms with van der Waals surface area (Å²) in [6, 6.07) is 0. The van der Waals surface area contributed by atoms with Crippen LogP contribution in [0.3, 0.4) is 0 Å². The number of nitrogens with one attached hydrogen (secondary N) is 1. The van der Waals surface area contributed by atoms with Gasteiger partial charge in [-0.3, -0.25) is 0 Å². The average Bonchev–Trinajstić information content (AvgIpc) is 2.97. The summed E-state index contributed by atoms with van der Waals surface area (Å²) in [5, 5.41) is -0.456. The largest absolute Gasteiger partial charge is 0.444 e. The Morgan fingerprint density at radius 2 is 1.91 bits per heavy atom. The summed E-state index contributed by atoms with van der Waals surface area (Å²) in [7, 11) is -3.36. The van der Waals surface area contributed by atoms with Gasteiger partial charge >= 0.3 is 6.09 Å². The first-order valence-corrected chi connectivity index (χ1v) is 9.80. The first kappa shape index (κ1) is 18.5. The van der Waals surface area contributed by atoms with Gasteiger partial charge < -0.3 is 14.4 Å². The van der Waals surface area contributed by atoms with Crippen molar-refractivity contribution in [2.75, 3.05) is 26.2 Å². The fourth-order valence-electron chi connectivity index (χ4n) is 2.81. The highest BCUT2D eigenvalue weighted by atomic mass is 32.2. The maximum Gasteiger partial charge on any atom is 0.410 e. The summed E-state index contributed by atoms with van der Waals surface area (Å²) >= 11 is 0. The van der Waals surface area contributed by atoms with Gasteiger partial charge in [0.25, 0.3) is 0 Å². The van der Waals surface area contributed by atoms with Crippen LogP contribution >= 0.6 is 0 Å². The van der Waals surface area contributed by atoms with E-state index < -0.39 is 20.9 Å². The zero-order valence-corrected chi connectivity index (χ0v) is 15.0.